The van der Waals surface area contributed by atoms with E-state index in [0.717, 1.165) is 5.57 Å². The summed E-state index contributed by atoms with van der Waals surface area (Å²) < 4.78 is 0. The Morgan fingerprint density at radius 1 is 1.70 bits per heavy atom. The second-order valence-corrected chi connectivity index (χ2v) is 2.50. The van der Waals surface area contributed by atoms with E-state index in [0.29, 0.717) is 0 Å². The summed E-state index contributed by atoms with van der Waals surface area (Å²) in [5, 5.41) is 2.94. The third-order valence-corrected chi connectivity index (χ3v) is 1.49. The number of ketones is 1. The Morgan fingerprint density at radius 3 is 2.80 bits per heavy atom. The molecule has 0 aliphatic carbocycles. The molecule has 54 valence electrons. The molecule has 1 unspecified atom stereocenters. The van der Waals surface area contributed by atoms with Gasteiger partial charge in [-0.15, -0.1) is 0 Å². The molecule has 0 bridgehead atoms. The van der Waals surface area contributed by atoms with E-state index in [1.165, 1.54) is 0 Å². The topological polar surface area (TPSA) is 29.1 Å². The number of carbonyl (C=O) groups excluding carboxylic acids is 1. The van der Waals surface area contributed by atoms with Crippen LogP contribution in [0.15, 0.2) is 23.9 Å². The van der Waals surface area contributed by atoms with Gasteiger partial charge in [-0.3, -0.25) is 4.79 Å². The lowest BCUT2D eigenvalue weighted by Gasteiger charge is -2.13. The van der Waals surface area contributed by atoms with E-state index >= 15 is 0 Å². The fourth-order valence-electron chi connectivity index (χ4n) is 0.884. The largest absolute Gasteiger partial charge is 0.378 e. The Balaban J connectivity index is 2.69. The molecular formula is C8H11NO. The van der Waals surface area contributed by atoms with Crippen molar-refractivity contribution in [1.82, 2.24) is 5.32 Å². The van der Waals surface area contributed by atoms with Gasteiger partial charge in [-0.25, -0.2) is 0 Å². The van der Waals surface area contributed by atoms with Crippen LogP contribution in [0.3, 0.4) is 0 Å². The van der Waals surface area contributed by atoms with Crippen LogP contribution in [0.1, 0.15) is 13.8 Å². The second kappa shape index (κ2) is 2.69. The van der Waals surface area contributed by atoms with Gasteiger partial charge in [-0.2, -0.15) is 0 Å². The Labute approximate surface area is 60.6 Å². The monoisotopic (exact) mass is 137 g/mol. The maximum Gasteiger partial charge on any atom is 0.155 e. The Bertz CT molecular complexity index is 203. The predicted octanol–water partition coefficient (Wildman–Crippen LogP) is 1.01. The van der Waals surface area contributed by atoms with Gasteiger partial charge in [0.05, 0.1) is 0 Å². The number of rotatable bonds is 1. The van der Waals surface area contributed by atoms with Crippen LogP contribution in [-0.2, 0) is 4.79 Å². The summed E-state index contributed by atoms with van der Waals surface area (Å²) in [5.41, 5.74) is 1.14. The van der Waals surface area contributed by atoms with Crippen molar-refractivity contribution in [2.24, 2.45) is 0 Å². The summed E-state index contributed by atoms with van der Waals surface area (Å²) >= 11 is 0. The smallest absolute Gasteiger partial charge is 0.155 e. The predicted molar refractivity (Wildman–Crippen MR) is 40.5 cm³/mol. The van der Waals surface area contributed by atoms with Gasteiger partial charge in [-0.05, 0) is 26.1 Å². The first-order valence-electron chi connectivity index (χ1n) is 3.31. The number of allylic oxidation sites excluding steroid dienone is 2. The van der Waals surface area contributed by atoms with E-state index < -0.39 is 0 Å². The fourth-order valence-corrected chi connectivity index (χ4v) is 0.884. The zero-order valence-electron chi connectivity index (χ0n) is 6.22. The highest BCUT2D eigenvalue weighted by Gasteiger charge is 2.09. The minimum Gasteiger partial charge on any atom is -0.378 e. The third kappa shape index (κ3) is 1.47. The molecule has 0 saturated carbocycles. The SMILES string of the molecule is CC(=O)C1C=C(C)C=CN1. The first-order chi connectivity index (χ1) is 4.70. The van der Waals surface area contributed by atoms with Crippen LogP contribution < -0.4 is 5.32 Å². The molecule has 1 rings (SSSR count). The molecule has 0 aromatic heterocycles. The van der Waals surface area contributed by atoms with Gasteiger partial charge >= 0.3 is 0 Å². The van der Waals surface area contributed by atoms with Gasteiger partial charge in [0, 0.05) is 0 Å². The van der Waals surface area contributed by atoms with Crippen molar-refractivity contribution in [1.29, 1.82) is 0 Å². The van der Waals surface area contributed by atoms with Crippen molar-refractivity contribution in [3.05, 3.63) is 23.9 Å². The molecule has 2 heteroatoms. The summed E-state index contributed by atoms with van der Waals surface area (Å²) in [4.78, 5) is 10.8. The molecule has 1 atom stereocenters. The van der Waals surface area contributed by atoms with Crippen molar-refractivity contribution < 1.29 is 4.79 Å². The van der Waals surface area contributed by atoms with Gasteiger partial charge in [0.1, 0.15) is 6.04 Å². The van der Waals surface area contributed by atoms with E-state index in [4.69, 9.17) is 0 Å². The van der Waals surface area contributed by atoms with E-state index in [9.17, 15) is 4.79 Å². The fraction of sp³-hybridized carbons (Fsp3) is 0.375. The molecule has 0 aromatic carbocycles. The summed E-state index contributed by atoms with van der Waals surface area (Å²) in [6.07, 6.45) is 5.67. The van der Waals surface area contributed by atoms with Crippen LogP contribution in [0.5, 0.6) is 0 Å². The number of carbonyl (C=O) groups is 1. The number of Topliss-reactive ketones (excluding diaryl/α,β-unsaturated/α-hetero) is 1. The number of dihydropyridines is 1. The third-order valence-electron chi connectivity index (χ3n) is 1.49. The van der Waals surface area contributed by atoms with Gasteiger partial charge in [-0.1, -0.05) is 11.6 Å². The maximum atomic E-state index is 10.8. The highest BCUT2D eigenvalue weighted by Crippen LogP contribution is 2.03. The lowest BCUT2D eigenvalue weighted by atomic mass is 10.1. The number of hydrogen-bond acceptors (Lipinski definition) is 2. The van der Waals surface area contributed by atoms with Crippen molar-refractivity contribution in [2.75, 3.05) is 0 Å². The van der Waals surface area contributed by atoms with E-state index in [-0.39, 0.29) is 11.8 Å². The first kappa shape index (κ1) is 7.06. The Morgan fingerprint density at radius 2 is 2.40 bits per heavy atom. The molecule has 1 aliphatic rings. The van der Waals surface area contributed by atoms with Crippen LogP contribution in [0.4, 0.5) is 0 Å². The van der Waals surface area contributed by atoms with Crippen LogP contribution in [-0.4, -0.2) is 11.8 Å². The zero-order chi connectivity index (χ0) is 7.56. The molecule has 1 N–H and O–H groups in total. The average molecular weight is 137 g/mol. The quantitative estimate of drug-likeness (QED) is 0.584. The zero-order valence-corrected chi connectivity index (χ0v) is 6.22. The molecule has 0 radical (unpaired) electrons. The van der Waals surface area contributed by atoms with Crippen molar-refractivity contribution in [2.45, 2.75) is 19.9 Å². The lowest BCUT2D eigenvalue weighted by Crippen LogP contribution is -2.31. The minimum atomic E-state index is -0.106. The molecule has 1 heterocycles. The molecule has 0 spiro atoms. The lowest BCUT2D eigenvalue weighted by molar-refractivity contribution is -0.117. The summed E-state index contributed by atoms with van der Waals surface area (Å²) in [7, 11) is 0. The Hall–Kier alpha value is -1.05. The van der Waals surface area contributed by atoms with Crippen LogP contribution >= 0.6 is 0 Å². The van der Waals surface area contributed by atoms with Crippen molar-refractivity contribution in [3.63, 3.8) is 0 Å². The number of hydrogen-bond donors (Lipinski definition) is 1. The highest BCUT2D eigenvalue weighted by atomic mass is 16.1. The van der Waals surface area contributed by atoms with Crippen LogP contribution in [0, 0.1) is 0 Å². The van der Waals surface area contributed by atoms with Gasteiger partial charge in [0.15, 0.2) is 5.78 Å². The van der Waals surface area contributed by atoms with E-state index in [1.54, 1.807) is 13.1 Å². The van der Waals surface area contributed by atoms with Crippen LogP contribution in [0.25, 0.3) is 0 Å². The van der Waals surface area contributed by atoms with E-state index in [1.807, 2.05) is 19.1 Å². The van der Waals surface area contributed by atoms with Crippen molar-refractivity contribution >= 4 is 5.78 Å². The maximum absolute atomic E-state index is 10.8. The summed E-state index contributed by atoms with van der Waals surface area (Å²) in [6.45, 7) is 3.56. The van der Waals surface area contributed by atoms with Crippen LogP contribution in [0.2, 0.25) is 0 Å². The molecule has 1 aliphatic heterocycles. The first-order valence-corrected chi connectivity index (χ1v) is 3.31. The summed E-state index contributed by atoms with van der Waals surface area (Å²) in [6, 6.07) is -0.106. The van der Waals surface area contributed by atoms with Crippen molar-refractivity contribution in [3.8, 4) is 0 Å². The minimum absolute atomic E-state index is 0.106. The number of nitrogens with one attached hydrogen (secondary N) is 1. The van der Waals surface area contributed by atoms with E-state index in [2.05, 4.69) is 5.32 Å². The molecule has 10 heavy (non-hydrogen) atoms. The second-order valence-electron chi connectivity index (χ2n) is 2.50. The molecule has 0 saturated heterocycles. The summed E-state index contributed by atoms with van der Waals surface area (Å²) in [5.74, 6) is 0.156. The molecular weight excluding hydrogens is 126 g/mol. The Kier molecular flexibility index (Phi) is 1.90. The molecule has 2 nitrogen and oxygen atoms in total. The van der Waals surface area contributed by atoms with Gasteiger partial charge in [0.25, 0.3) is 0 Å². The van der Waals surface area contributed by atoms with Gasteiger partial charge < -0.3 is 5.32 Å². The standard InChI is InChI=1S/C8H11NO/c1-6-3-4-9-8(5-6)7(2)10/h3-5,8-9H,1-2H3. The molecule has 0 aromatic rings. The van der Waals surface area contributed by atoms with Gasteiger partial charge in [0.2, 0.25) is 0 Å². The molecule has 0 fully saturated rings. The molecule has 0 amide bonds. The average Bonchev–Trinajstić information content (AvgIpc) is 1.88. The highest BCUT2D eigenvalue weighted by molar-refractivity contribution is 5.84. The normalized spacial score (nSPS) is 23.4.